The van der Waals surface area contributed by atoms with Crippen LogP contribution in [0.1, 0.15) is 35.9 Å². The highest BCUT2D eigenvalue weighted by Crippen LogP contribution is 2.49. The predicted molar refractivity (Wildman–Crippen MR) is 146 cm³/mol. The minimum Gasteiger partial charge on any atom is -0.493 e. The minimum atomic E-state index is -0.800. The molecule has 40 heavy (non-hydrogen) atoms. The van der Waals surface area contributed by atoms with Gasteiger partial charge in [0.1, 0.15) is 5.82 Å². The summed E-state index contributed by atoms with van der Waals surface area (Å²) in [5.41, 5.74) is 5.60. The molecule has 11 heteroatoms. The SMILES string of the molecule is COc1cnn2cc(-c3nn4c(c3C)CCN(C3(C5CNC5)CC3)CC4)cc(O[C@H](CO)c3ccc(F)cn3)c12. The lowest BCUT2D eigenvalue weighted by Crippen LogP contribution is -2.57. The third-order valence-corrected chi connectivity index (χ3v) is 9.01. The van der Waals surface area contributed by atoms with Crippen LogP contribution in [0.3, 0.4) is 0 Å². The summed E-state index contributed by atoms with van der Waals surface area (Å²) in [5, 5.41) is 23.2. The first-order valence-electron chi connectivity index (χ1n) is 14.0. The third kappa shape index (κ3) is 4.15. The van der Waals surface area contributed by atoms with Gasteiger partial charge in [-0.15, -0.1) is 0 Å². The number of aromatic nitrogens is 5. The zero-order valence-corrected chi connectivity index (χ0v) is 22.8. The quantitative estimate of drug-likeness (QED) is 0.347. The number of methoxy groups -OCH3 is 1. The highest BCUT2D eigenvalue weighted by molar-refractivity contribution is 5.75. The van der Waals surface area contributed by atoms with E-state index in [0.29, 0.717) is 28.2 Å². The van der Waals surface area contributed by atoms with E-state index in [4.69, 9.17) is 14.6 Å². The normalized spacial score (nSPS) is 19.6. The number of fused-ring (bicyclic) bond motifs is 2. The Morgan fingerprint density at radius 3 is 2.70 bits per heavy atom. The summed E-state index contributed by atoms with van der Waals surface area (Å²) in [4.78, 5) is 6.84. The highest BCUT2D eigenvalue weighted by Gasteiger charge is 2.55. The van der Waals surface area contributed by atoms with Crippen molar-refractivity contribution in [2.45, 2.75) is 44.4 Å². The Morgan fingerprint density at radius 2 is 2.02 bits per heavy atom. The molecule has 0 aromatic carbocycles. The number of rotatable bonds is 8. The lowest BCUT2D eigenvalue weighted by molar-refractivity contribution is 0.0899. The second-order valence-corrected chi connectivity index (χ2v) is 11.1. The maximum absolute atomic E-state index is 13.5. The molecule has 1 aliphatic carbocycles. The number of halogens is 1. The first-order valence-corrected chi connectivity index (χ1v) is 14.0. The van der Waals surface area contributed by atoms with Crippen molar-refractivity contribution in [2.75, 3.05) is 39.9 Å². The molecule has 0 radical (unpaired) electrons. The van der Waals surface area contributed by atoms with Gasteiger partial charge in [0.15, 0.2) is 23.1 Å². The Labute approximate surface area is 231 Å². The number of hydrogen-bond acceptors (Lipinski definition) is 8. The van der Waals surface area contributed by atoms with E-state index in [0.717, 1.165) is 68.1 Å². The van der Waals surface area contributed by atoms with Crippen molar-refractivity contribution in [1.29, 1.82) is 0 Å². The van der Waals surface area contributed by atoms with Gasteiger partial charge in [-0.1, -0.05) is 0 Å². The topological polar surface area (TPSA) is 102 Å². The molecule has 7 rings (SSSR count). The van der Waals surface area contributed by atoms with Gasteiger partial charge < -0.3 is 19.9 Å². The molecule has 0 amide bonds. The average Bonchev–Trinajstić information content (AvgIpc) is 3.56. The zero-order valence-electron chi connectivity index (χ0n) is 22.8. The fourth-order valence-corrected chi connectivity index (χ4v) is 6.50. The standard InChI is InChI=1S/C29H34FN7O3/c1-18-23-5-8-35(29(6-7-29)20-12-31-13-20)9-10-36(23)34-27(18)19-11-24(28-25(39-2)15-33-37(28)16-19)40-26(17-38)22-4-3-21(30)14-32-22/h3-4,11,14-16,20,26,31,38H,5-10,12-13,17H2,1-2H3/t26-/m1/s1. The van der Waals surface area contributed by atoms with Crippen molar-refractivity contribution in [3.8, 4) is 22.8 Å². The van der Waals surface area contributed by atoms with Crippen molar-refractivity contribution in [3.05, 3.63) is 59.6 Å². The van der Waals surface area contributed by atoms with Gasteiger partial charge in [-0.25, -0.2) is 8.91 Å². The van der Waals surface area contributed by atoms with E-state index >= 15 is 0 Å². The molecule has 0 bridgehead atoms. The first-order chi connectivity index (χ1) is 19.5. The fraction of sp³-hybridized carbons (Fsp3) is 0.483. The van der Waals surface area contributed by atoms with E-state index < -0.39 is 11.9 Å². The summed E-state index contributed by atoms with van der Waals surface area (Å²) in [5.74, 6) is 1.33. The molecule has 210 valence electrons. The monoisotopic (exact) mass is 547 g/mol. The Balaban J connectivity index is 1.21. The van der Waals surface area contributed by atoms with Gasteiger partial charge in [0.2, 0.25) is 0 Å². The van der Waals surface area contributed by atoms with Crippen LogP contribution in [0.4, 0.5) is 4.39 Å². The molecule has 1 atom stereocenters. The smallest absolute Gasteiger partial charge is 0.168 e. The number of ether oxygens (including phenoxy) is 2. The van der Waals surface area contributed by atoms with E-state index in [-0.39, 0.29) is 6.61 Å². The molecule has 1 saturated heterocycles. The molecule has 1 saturated carbocycles. The van der Waals surface area contributed by atoms with Crippen LogP contribution in [0.15, 0.2) is 36.8 Å². The number of hydrogen-bond donors (Lipinski definition) is 2. The summed E-state index contributed by atoms with van der Waals surface area (Å²) in [7, 11) is 1.58. The van der Waals surface area contributed by atoms with Crippen LogP contribution in [-0.2, 0) is 13.0 Å². The molecule has 4 aromatic rings. The zero-order chi connectivity index (χ0) is 27.4. The molecular formula is C29H34FN7O3. The van der Waals surface area contributed by atoms with Crippen LogP contribution in [0, 0.1) is 18.7 Å². The van der Waals surface area contributed by atoms with E-state index in [2.05, 4.69) is 31.9 Å². The molecule has 4 aromatic heterocycles. The van der Waals surface area contributed by atoms with Gasteiger partial charge in [-0.3, -0.25) is 14.6 Å². The van der Waals surface area contributed by atoms with Crippen molar-refractivity contribution < 1.29 is 19.0 Å². The van der Waals surface area contributed by atoms with Crippen LogP contribution < -0.4 is 14.8 Å². The molecule has 10 nitrogen and oxygen atoms in total. The van der Waals surface area contributed by atoms with Crippen LogP contribution in [0.5, 0.6) is 11.5 Å². The van der Waals surface area contributed by atoms with Gasteiger partial charge >= 0.3 is 0 Å². The van der Waals surface area contributed by atoms with Crippen molar-refractivity contribution >= 4 is 5.52 Å². The summed E-state index contributed by atoms with van der Waals surface area (Å²) in [6.07, 6.45) is 7.46. The molecule has 0 unspecified atom stereocenters. The molecule has 2 aliphatic heterocycles. The number of nitrogens with one attached hydrogen (secondary N) is 1. The van der Waals surface area contributed by atoms with Gasteiger partial charge in [0, 0.05) is 61.5 Å². The van der Waals surface area contributed by atoms with E-state index in [1.165, 1.54) is 30.7 Å². The summed E-state index contributed by atoms with van der Waals surface area (Å²) < 4.78 is 29.2. The Bertz CT molecular complexity index is 1540. The Kier molecular flexibility index (Phi) is 6.25. The van der Waals surface area contributed by atoms with Crippen molar-refractivity contribution in [1.82, 2.24) is 34.6 Å². The number of aliphatic hydroxyl groups excluding tert-OH is 1. The predicted octanol–water partition coefficient (Wildman–Crippen LogP) is 2.77. The largest absolute Gasteiger partial charge is 0.493 e. The Hall–Kier alpha value is -3.54. The summed E-state index contributed by atoms with van der Waals surface area (Å²) in [6, 6.07) is 4.73. The van der Waals surface area contributed by atoms with E-state index in [1.54, 1.807) is 17.8 Å². The van der Waals surface area contributed by atoms with Crippen molar-refractivity contribution in [2.24, 2.45) is 5.92 Å². The molecule has 2 fully saturated rings. The van der Waals surface area contributed by atoms with E-state index in [1.807, 2.05) is 12.3 Å². The lowest BCUT2D eigenvalue weighted by Gasteiger charge is -2.42. The number of nitrogens with zero attached hydrogens (tertiary/aromatic N) is 6. The fourth-order valence-electron chi connectivity index (χ4n) is 6.50. The second kappa shape index (κ2) is 9.83. The number of aliphatic hydroxyl groups is 1. The highest BCUT2D eigenvalue weighted by atomic mass is 19.1. The summed E-state index contributed by atoms with van der Waals surface area (Å²) in [6.45, 7) is 7.01. The van der Waals surface area contributed by atoms with E-state index in [9.17, 15) is 9.50 Å². The Morgan fingerprint density at radius 1 is 1.18 bits per heavy atom. The number of pyridine rings is 2. The maximum atomic E-state index is 13.5. The van der Waals surface area contributed by atoms with Gasteiger partial charge in [0.25, 0.3) is 0 Å². The molecular weight excluding hydrogens is 513 g/mol. The molecule has 6 heterocycles. The third-order valence-electron chi connectivity index (χ3n) is 9.01. The average molecular weight is 548 g/mol. The molecule has 0 spiro atoms. The lowest BCUT2D eigenvalue weighted by atomic mass is 9.89. The van der Waals surface area contributed by atoms with Gasteiger partial charge in [0.05, 0.1) is 44.0 Å². The second-order valence-electron chi connectivity index (χ2n) is 11.1. The van der Waals surface area contributed by atoms with Crippen LogP contribution in [0.25, 0.3) is 16.8 Å². The minimum absolute atomic E-state index is 0.335. The maximum Gasteiger partial charge on any atom is 0.168 e. The molecule has 2 N–H and O–H groups in total. The molecule has 3 aliphatic rings. The van der Waals surface area contributed by atoms with Crippen LogP contribution in [-0.4, -0.2) is 79.8 Å². The summed E-state index contributed by atoms with van der Waals surface area (Å²) >= 11 is 0. The first kappa shape index (κ1) is 25.4. The van der Waals surface area contributed by atoms with Gasteiger partial charge in [-0.2, -0.15) is 10.2 Å². The van der Waals surface area contributed by atoms with Crippen molar-refractivity contribution in [3.63, 3.8) is 0 Å². The van der Waals surface area contributed by atoms with Crippen LogP contribution in [0.2, 0.25) is 0 Å². The van der Waals surface area contributed by atoms with Crippen LogP contribution >= 0.6 is 0 Å². The van der Waals surface area contributed by atoms with Gasteiger partial charge in [-0.05, 0) is 43.5 Å².